The molecule has 1 aromatic rings. The first-order valence-electron chi connectivity index (χ1n) is 5.67. The van der Waals surface area contributed by atoms with Gasteiger partial charge in [0.15, 0.2) is 0 Å². The molecule has 0 aliphatic heterocycles. The van der Waals surface area contributed by atoms with Crippen LogP contribution in [0.1, 0.15) is 32.3 Å². The van der Waals surface area contributed by atoms with E-state index in [4.69, 9.17) is 4.74 Å². The second-order valence-corrected chi connectivity index (χ2v) is 3.93. The summed E-state index contributed by atoms with van der Waals surface area (Å²) in [4.78, 5) is 0. The van der Waals surface area contributed by atoms with Gasteiger partial charge in [0, 0.05) is 6.54 Å². The Morgan fingerprint density at radius 2 is 1.81 bits per heavy atom. The Bertz CT molecular complexity index is 272. The lowest BCUT2D eigenvalue weighted by atomic mass is 10.0. The molecule has 16 heavy (non-hydrogen) atoms. The van der Waals surface area contributed by atoms with Crippen LogP contribution in [0.3, 0.4) is 0 Å². The summed E-state index contributed by atoms with van der Waals surface area (Å²) < 4.78 is 5.58. The Morgan fingerprint density at radius 3 is 2.31 bits per heavy atom. The summed E-state index contributed by atoms with van der Waals surface area (Å²) in [7, 11) is 0. The van der Waals surface area contributed by atoms with Crippen molar-refractivity contribution in [1.29, 1.82) is 0 Å². The topological polar surface area (TPSA) is 21.3 Å². The minimum Gasteiger partial charge on any atom is -0.492 e. The van der Waals surface area contributed by atoms with Gasteiger partial charge in [-0.2, -0.15) is 0 Å². The second-order valence-electron chi connectivity index (χ2n) is 3.93. The van der Waals surface area contributed by atoms with Gasteiger partial charge in [-0.3, -0.25) is 0 Å². The molecule has 0 radical (unpaired) electrons. The third kappa shape index (κ3) is 5.38. The monoisotopic (exact) mass is 243 g/mol. The Balaban J connectivity index is 0.00000225. The lowest BCUT2D eigenvalue weighted by Crippen LogP contribution is -2.20. The normalized spacial score (nSPS) is 10.0. The average Bonchev–Trinajstić information content (AvgIpc) is 2.25. The van der Waals surface area contributed by atoms with Gasteiger partial charge in [-0.15, -0.1) is 12.4 Å². The summed E-state index contributed by atoms with van der Waals surface area (Å²) in [5.74, 6) is 1.54. The molecule has 3 heteroatoms. The molecule has 0 saturated carbocycles. The molecular formula is C13H22ClNO. The Morgan fingerprint density at radius 1 is 1.19 bits per heavy atom. The van der Waals surface area contributed by atoms with Crippen molar-refractivity contribution in [3.63, 3.8) is 0 Å². The first kappa shape index (κ1) is 15.3. The fourth-order valence-electron chi connectivity index (χ4n) is 1.37. The molecule has 1 aromatic carbocycles. The van der Waals surface area contributed by atoms with Gasteiger partial charge in [0.2, 0.25) is 0 Å². The van der Waals surface area contributed by atoms with Crippen molar-refractivity contribution >= 4 is 12.4 Å². The first-order chi connectivity index (χ1) is 7.24. The quantitative estimate of drug-likeness (QED) is 0.775. The van der Waals surface area contributed by atoms with Crippen molar-refractivity contribution in [2.75, 3.05) is 19.7 Å². The van der Waals surface area contributed by atoms with Crippen molar-refractivity contribution in [3.8, 4) is 5.75 Å². The maximum absolute atomic E-state index is 5.58. The van der Waals surface area contributed by atoms with Crippen molar-refractivity contribution in [1.82, 2.24) is 5.32 Å². The molecule has 0 bridgehead atoms. The van der Waals surface area contributed by atoms with Crippen LogP contribution in [0.25, 0.3) is 0 Å². The van der Waals surface area contributed by atoms with Gasteiger partial charge in [-0.05, 0) is 30.2 Å². The molecule has 0 fully saturated rings. The molecule has 92 valence electrons. The van der Waals surface area contributed by atoms with Crippen LogP contribution < -0.4 is 10.1 Å². The molecule has 0 heterocycles. The highest BCUT2D eigenvalue weighted by molar-refractivity contribution is 5.85. The average molecular weight is 244 g/mol. The van der Waals surface area contributed by atoms with Crippen LogP contribution in [-0.2, 0) is 0 Å². The number of ether oxygens (including phenoxy) is 1. The predicted octanol–water partition coefficient (Wildman–Crippen LogP) is 3.22. The second kappa shape index (κ2) is 8.43. The van der Waals surface area contributed by atoms with Crippen LogP contribution in [0.5, 0.6) is 5.75 Å². The molecule has 0 aromatic heterocycles. The third-order valence-corrected chi connectivity index (χ3v) is 2.34. The minimum absolute atomic E-state index is 0. The third-order valence-electron chi connectivity index (χ3n) is 2.34. The highest BCUT2D eigenvalue weighted by atomic mass is 35.5. The summed E-state index contributed by atoms with van der Waals surface area (Å²) in [5, 5.41) is 3.22. The van der Waals surface area contributed by atoms with Crippen LogP contribution in [0.4, 0.5) is 0 Å². The van der Waals surface area contributed by atoms with Gasteiger partial charge in [-0.1, -0.05) is 32.9 Å². The summed E-state index contributed by atoms with van der Waals surface area (Å²) in [6, 6.07) is 8.35. The molecule has 0 saturated heterocycles. The van der Waals surface area contributed by atoms with E-state index in [9.17, 15) is 0 Å². The zero-order valence-corrected chi connectivity index (χ0v) is 11.1. The van der Waals surface area contributed by atoms with Gasteiger partial charge in [0.1, 0.15) is 12.4 Å². The van der Waals surface area contributed by atoms with E-state index in [1.54, 1.807) is 0 Å². The molecule has 1 N–H and O–H groups in total. The predicted molar refractivity (Wildman–Crippen MR) is 71.8 cm³/mol. The summed E-state index contributed by atoms with van der Waals surface area (Å²) >= 11 is 0. The van der Waals surface area contributed by atoms with E-state index in [2.05, 4.69) is 38.2 Å². The Hall–Kier alpha value is -0.730. The Labute approximate surface area is 105 Å². The van der Waals surface area contributed by atoms with Crippen LogP contribution in [0, 0.1) is 0 Å². The highest BCUT2D eigenvalue weighted by Crippen LogP contribution is 2.18. The zero-order chi connectivity index (χ0) is 11.1. The largest absolute Gasteiger partial charge is 0.492 e. The summed E-state index contributed by atoms with van der Waals surface area (Å²) in [6.45, 7) is 9.12. The van der Waals surface area contributed by atoms with Crippen molar-refractivity contribution in [2.24, 2.45) is 0 Å². The molecule has 0 aliphatic carbocycles. The van der Waals surface area contributed by atoms with Crippen LogP contribution in [0.2, 0.25) is 0 Å². The number of likely N-dealkylation sites (N-methyl/N-ethyl adjacent to an activating group) is 1. The van der Waals surface area contributed by atoms with Crippen LogP contribution in [-0.4, -0.2) is 19.7 Å². The van der Waals surface area contributed by atoms with E-state index in [-0.39, 0.29) is 12.4 Å². The summed E-state index contributed by atoms with van der Waals surface area (Å²) in [6.07, 6.45) is 0. The Kier molecular flexibility index (Phi) is 8.04. The van der Waals surface area contributed by atoms with Crippen molar-refractivity contribution in [2.45, 2.75) is 26.7 Å². The first-order valence-corrected chi connectivity index (χ1v) is 5.67. The van der Waals surface area contributed by atoms with E-state index >= 15 is 0 Å². The maximum atomic E-state index is 5.58. The molecule has 0 atom stereocenters. The van der Waals surface area contributed by atoms with Gasteiger partial charge >= 0.3 is 0 Å². The molecule has 0 unspecified atom stereocenters. The molecule has 0 spiro atoms. The number of rotatable bonds is 6. The van der Waals surface area contributed by atoms with Gasteiger partial charge in [0.25, 0.3) is 0 Å². The van der Waals surface area contributed by atoms with E-state index in [1.165, 1.54) is 5.56 Å². The standard InChI is InChI=1S/C13H21NO.ClH/c1-4-14-9-10-15-13-7-5-12(6-8-13)11(2)3;/h5-8,11,14H,4,9-10H2,1-3H3;1H. The van der Waals surface area contributed by atoms with E-state index in [0.717, 1.165) is 25.4 Å². The van der Waals surface area contributed by atoms with Crippen LogP contribution in [0.15, 0.2) is 24.3 Å². The highest BCUT2D eigenvalue weighted by Gasteiger charge is 1.98. The molecule has 1 rings (SSSR count). The van der Waals surface area contributed by atoms with E-state index in [0.29, 0.717) is 5.92 Å². The molecule has 2 nitrogen and oxygen atoms in total. The number of benzene rings is 1. The van der Waals surface area contributed by atoms with Gasteiger partial charge < -0.3 is 10.1 Å². The van der Waals surface area contributed by atoms with Crippen molar-refractivity contribution in [3.05, 3.63) is 29.8 Å². The SMILES string of the molecule is CCNCCOc1ccc(C(C)C)cc1.Cl. The van der Waals surface area contributed by atoms with Crippen molar-refractivity contribution < 1.29 is 4.74 Å². The number of nitrogens with one attached hydrogen (secondary N) is 1. The number of halogens is 1. The lowest BCUT2D eigenvalue weighted by molar-refractivity contribution is 0.315. The molecular weight excluding hydrogens is 222 g/mol. The smallest absolute Gasteiger partial charge is 0.119 e. The lowest BCUT2D eigenvalue weighted by Gasteiger charge is -2.08. The summed E-state index contributed by atoms with van der Waals surface area (Å²) in [5.41, 5.74) is 1.36. The van der Waals surface area contributed by atoms with Crippen LogP contribution >= 0.6 is 12.4 Å². The van der Waals surface area contributed by atoms with E-state index in [1.807, 2.05) is 12.1 Å². The minimum atomic E-state index is 0. The fraction of sp³-hybridized carbons (Fsp3) is 0.538. The van der Waals surface area contributed by atoms with E-state index < -0.39 is 0 Å². The molecule has 0 amide bonds. The zero-order valence-electron chi connectivity index (χ0n) is 10.3. The van der Waals surface area contributed by atoms with Gasteiger partial charge in [0.05, 0.1) is 0 Å². The number of hydrogen-bond acceptors (Lipinski definition) is 2. The number of hydrogen-bond donors (Lipinski definition) is 1. The molecule has 0 aliphatic rings. The fourth-order valence-corrected chi connectivity index (χ4v) is 1.37. The maximum Gasteiger partial charge on any atom is 0.119 e. The van der Waals surface area contributed by atoms with Gasteiger partial charge in [-0.25, -0.2) is 0 Å².